The maximum Gasteiger partial charge on any atom is 0.227 e. The molecular formula is C21H19N3O3. The highest BCUT2D eigenvalue weighted by molar-refractivity contribution is 5.79. The molecule has 1 aliphatic rings. The number of hydrogen-bond acceptors (Lipinski definition) is 5. The fraction of sp³-hybridized carbons (Fsp3) is 0.190. The fourth-order valence-electron chi connectivity index (χ4n) is 2.98. The molecule has 0 unspecified atom stereocenters. The van der Waals surface area contributed by atoms with Crippen LogP contribution in [0.5, 0.6) is 11.6 Å². The molecule has 0 spiro atoms. The van der Waals surface area contributed by atoms with E-state index in [9.17, 15) is 9.90 Å². The molecule has 0 aliphatic carbocycles. The van der Waals surface area contributed by atoms with Crippen molar-refractivity contribution in [1.82, 2.24) is 14.9 Å². The Hall–Kier alpha value is -3.41. The van der Waals surface area contributed by atoms with E-state index in [2.05, 4.69) is 9.97 Å². The first kappa shape index (κ1) is 17.0. The molecule has 1 N–H and O–H groups in total. The third-order valence-corrected chi connectivity index (χ3v) is 4.48. The maximum absolute atomic E-state index is 12.2. The third kappa shape index (κ3) is 4.06. The number of nitrogens with zero attached hydrogens (tertiary/aromatic N) is 3. The normalized spacial score (nSPS) is 13.9. The SMILES string of the molecule is O=C(Cc1cccnc1)N1CC(Oc2ccc(-c3cccc(O)c3)cn2)C1. The van der Waals surface area contributed by atoms with E-state index in [-0.39, 0.29) is 17.8 Å². The van der Waals surface area contributed by atoms with E-state index in [4.69, 9.17) is 4.74 Å². The lowest BCUT2D eigenvalue weighted by molar-refractivity contribution is -0.139. The number of ether oxygens (including phenoxy) is 1. The van der Waals surface area contributed by atoms with Gasteiger partial charge in [-0.15, -0.1) is 0 Å². The summed E-state index contributed by atoms with van der Waals surface area (Å²) in [7, 11) is 0. The van der Waals surface area contributed by atoms with E-state index in [1.165, 1.54) is 0 Å². The molecule has 3 heterocycles. The molecule has 0 radical (unpaired) electrons. The highest BCUT2D eigenvalue weighted by atomic mass is 16.5. The molecule has 1 amide bonds. The number of carbonyl (C=O) groups is 1. The van der Waals surface area contributed by atoms with E-state index < -0.39 is 0 Å². The number of rotatable bonds is 5. The molecule has 2 aromatic heterocycles. The Morgan fingerprint density at radius 2 is 2.00 bits per heavy atom. The van der Waals surface area contributed by atoms with Gasteiger partial charge in [0.1, 0.15) is 11.9 Å². The summed E-state index contributed by atoms with van der Waals surface area (Å²) in [4.78, 5) is 22.4. The van der Waals surface area contributed by atoms with Crippen LogP contribution in [-0.4, -0.2) is 45.1 Å². The van der Waals surface area contributed by atoms with E-state index in [1.54, 1.807) is 47.8 Å². The van der Waals surface area contributed by atoms with Gasteiger partial charge in [-0.3, -0.25) is 9.78 Å². The molecule has 1 aliphatic heterocycles. The molecule has 0 bridgehead atoms. The molecule has 1 saturated heterocycles. The fourth-order valence-corrected chi connectivity index (χ4v) is 2.98. The van der Waals surface area contributed by atoms with E-state index in [1.807, 2.05) is 24.3 Å². The Bertz CT molecular complexity index is 923. The predicted octanol–water partition coefficient (Wildman–Crippen LogP) is 2.68. The van der Waals surface area contributed by atoms with E-state index >= 15 is 0 Å². The summed E-state index contributed by atoms with van der Waals surface area (Å²) in [5.74, 6) is 0.830. The van der Waals surface area contributed by atoms with Gasteiger partial charge in [0, 0.05) is 30.2 Å². The van der Waals surface area contributed by atoms with Gasteiger partial charge in [-0.25, -0.2) is 4.98 Å². The van der Waals surface area contributed by atoms with Gasteiger partial charge in [-0.1, -0.05) is 18.2 Å². The van der Waals surface area contributed by atoms with Gasteiger partial charge in [0.05, 0.1) is 19.5 Å². The number of amides is 1. The third-order valence-electron chi connectivity index (χ3n) is 4.48. The smallest absolute Gasteiger partial charge is 0.227 e. The van der Waals surface area contributed by atoms with Crippen molar-refractivity contribution in [3.63, 3.8) is 0 Å². The Balaban J connectivity index is 1.29. The van der Waals surface area contributed by atoms with Gasteiger partial charge in [-0.2, -0.15) is 0 Å². The zero-order valence-corrected chi connectivity index (χ0v) is 14.7. The number of hydrogen-bond donors (Lipinski definition) is 1. The van der Waals surface area contributed by atoms with Crippen LogP contribution in [0.3, 0.4) is 0 Å². The van der Waals surface area contributed by atoms with Crippen LogP contribution in [-0.2, 0) is 11.2 Å². The molecule has 0 atom stereocenters. The first-order valence-electron chi connectivity index (χ1n) is 8.76. The number of benzene rings is 1. The first-order chi connectivity index (χ1) is 13.2. The molecule has 27 heavy (non-hydrogen) atoms. The van der Waals surface area contributed by atoms with E-state index in [0.717, 1.165) is 16.7 Å². The molecule has 6 nitrogen and oxygen atoms in total. The lowest BCUT2D eigenvalue weighted by Gasteiger charge is -2.38. The zero-order chi connectivity index (χ0) is 18.6. The molecule has 4 rings (SSSR count). The largest absolute Gasteiger partial charge is 0.508 e. The van der Waals surface area contributed by atoms with Gasteiger partial charge in [0.2, 0.25) is 11.8 Å². The maximum atomic E-state index is 12.2. The molecular weight excluding hydrogens is 342 g/mol. The summed E-state index contributed by atoms with van der Waals surface area (Å²) in [6.45, 7) is 1.13. The van der Waals surface area contributed by atoms with Crippen LogP contribution in [0.25, 0.3) is 11.1 Å². The lowest BCUT2D eigenvalue weighted by atomic mass is 10.1. The summed E-state index contributed by atoms with van der Waals surface area (Å²) < 4.78 is 5.83. The van der Waals surface area contributed by atoms with Crippen LogP contribution in [0.4, 0.5) is 0 Å². The topological polar surface area (TPSA) is 75.6 Å². The van der Waals surface area contributed by atoms with Gasteiger partial charge >= 0.3 is 0 Å². The first-order valence-corrected chi connectivity index (χ1v) is 8.76. The number of aromatic hydroxyl groups is 1. The molecule has 3 aromatic rings. The number of phenolic OH excluding ortho intramolecular Hbond substituents is 1. The Morgan fingerprint density at radius 1 is 1.11 bits per heavy atom. The minimum absolute atomic E-state index is 0.0398. The number of likely N-dealkylation sites (tertiary alicyclic amines) is 1. The highest BCUT2D eigenvalue weighted by Gasteiger charge is 2.32. The number of phenols is 1. The highest BCUT2D eigenvalue weighted by Crippen LogP contribution is 2.24. The average molecular weight is 361 g/mol. The summed E-state index contributed by atoms with van der Waals surface area (Å²) >= 11 is 0. The summed E-state index contributed by atoms with van der Waals surface area (Å²) in [6, 6.07) is 14.5. The van der Waals surface area contributed by atoms with Gasteiger partial charge in [-0.05, 0) is 35.4 Å². The van der Waals surface area contributed by atoms with Gasteiger partial charge < -0.3 is 14.7 Å². The van der Waals surface area contributed by atoms with Crippen LogP contribution in [0.15, 0.2) is 67.1 Å². The van der Waals surface area contributed by atoms with Gasteiger partial charge in [0.15, 0.2) is 0 Å². The summed E-state index contributed by atoms with van der Waals surface area (Å²) in [5, 5.41) is 9.57. The van der Waals surface area contributed by atoms with Crippen LogP contribution in [0, 0.1) is 0 Å². The summed E-state index contributed by atoms with van der Waals surface area (Å²) in [6.07, 6.45) is 5.44. The van der Waals surface area contributed by atoms with Crippen molar-refractivity contribution in [3.05, 3.63) is 72.7 Å². The van der Waals surface area contributed by atoms with Crippen molar-refractivity contribution in [2.45, 2.75) is 12.5 Å². The quantitative estimate of drug-likeness (QED) is 0.756. The Kier molecular flexibility index (Phi) is 4.70. The Morgan fingerprint density at radius 3 is 2.70 bits per heavy atom. The van der Waals surface area contributed by atoms with Gasteiger partial charge in [0.25, 0.3) is 0 Å². The van der Waals surface area contributed by atoms with Crippen LogP contribution < -0.4 is 4.74 Å². The standard InChI is InChI=1S/C21H19N3O3/c25-18-5-1-4-16(10-18)17-6-7-20(23-12-17)27-19-13-24(14-19)21(26)9-15-3-2-8-22-11-15/h1-8,10-12,19,25H,9,13-14H2. The number of carbonyl (C=O) groups excluding carboxylic acids is 1. The monoisotopic (exact) mass is 361 g/mol. The van der Waals surface area contributed by atoms with Crippen LogP contribution in [0.2, 0.25) is 0 Å². The van der Waals surface area contributed by atoms with Crippen molar-refractivity contribution in [2.24, 2.45) is 0 Å². The molecule has 6 heteroatoms. The lowest BCUT2D eigenvalue weighted by Crippen LogP contribution is -2.56. The second kappa shape index (κ2) is 7.45. The minimum Gasteiger partial charge on any atom is -0.508 e. The minimum atomic E-state index is -0.0398. The van der Waals surface area contributed by atoms with Crippen LogP contribution >= 0.6 is 0 Å². The molecule has 136 valence electrons. The second-order valence-electron chi connectivity index (χ2n) is 6.51. The van der Waals surface area contributed by atoms with Crippen molar-refractivity contribution in [1.29, 1.82) is 0 Å². The van der Waals surface area contributed by atoms with Crippen molar-refractivity contribution >= 4 is 5.91 Å². The predicted molar refractivity (Wildman–Crippen MR) is 100 cm³/mol. The molecule has 1 fully saturated rings. The molecule has 0 saturated carbocycles. The van der Waals surface area contributed by atoms with Crippen LogP contribution in [0.1, 0.15) is 5.56 Å². The number of pyridine rings is 2. The molecule has 1 aromatic carbocycles. The number of aromatic nitrogens is 2. The van der Waals surface area contributed by atoms with Crippen molar-refractivity contribution in [2.75, 3.05) is 13.1 Å². The average Bonchev–Trinajstić information content (AvgIpc) is 2.65. The van der Waals surface area contributed by atoms with Crippen molar-refractivity contribution < 1.29 is 14.6 Å². The second-order valence-corrected chi connectivity index (χ2v) is 6.51. The zero-order valence-electron chi connectivity index (χ0n) is 14.7. The van der Waals surface area contributed by atoms with Crippen molar-refractivity contribution in [3.8, 4) is 22.8 Å². The summed E-state index contributed by atoms with van der Waals surface area (Å²) in [5.41, 5.74) is 2.71. The van der Waals surface area contributed by atoms with E-state index in [0.29, 0.717) is 25.4 Å². The Labute approximate surface area is 157 Å².